The Morgan fingerprint density at radius 3 is 2.47 bits per heavy atom. The van der Waals surface area contributed by atoms with E-state index in [1.165, 1.54) is 12.1 Å². The largest absolute Gasteiger partial charge is 0.465 e. The van der Waals surface area contributed by atoms with Gasteiger partial charge in [-0.1, -0.05) is 30.0 Å². The number of rotatable bonds is 10. The van der Waals surface area contributed by atoms with Gasteiger partial charge in [0.05, 0.1) is 17.3 Å². The van der Waals surface area contributed by atoms with Gasteiger partial charge in [-0.05, 0) is 43.3 Å². The van der Waals surface area contributed by atoms with Gasteiger partial charge in [-0.2, -0.15) is 0 Å². The summed E-state index contributed by atoms with van der Waals surface area (Å²) in [5, 5.41) is 10.4. The summed E-state index contributed by atoms with van der Waals surface area (Å²) in [6.45, 7) is 1.72. The molecular weight excluding hydrogens is 456 g/mol. The van der Waals surface area contributed by atoms with E-state index in [-0.39, 0.29) is 40.8 Å². The van der Waals surface area contributed by atoms with E-state index in [0.29, 0.717) is 11.3 Å². The Balaban J connectivity index is 1.55. The van der Waals surface area contributed by atoms with Gasteiger partial charge in [0.1, 0.15) is 6.54 Å². The molecule has 2 aromatic carbocycles. The fourth-order valence-electron chi connectivity index (χ4n) is 2.44. The molecule has 0 saturated heterocycles. The number of carbonyl (C=O) groups is 2. The first-order valence-corrected chi connectivity index (χ1v) is 11.9. The van der Waals surface area contributed by atoms with Crippen LogP contribution < -0.4 is 10.0 Å². The van der Waals surface area contributed by atoms with Crippen LogP contribution in [0.2, 0.25) is 0 Å². The fraction of sp³-hybridized carbons (Fsp3) is 0.200. The molecule has 1 aromatic heterocycles. The van der Waals surface area contributed by atoms with Gasteiger partial charge in [-0.3, -0.25) is 14.3 Å². The highest BCUT2D eigenvalue weighted by Crippen LogP contribution is 2.25. The third-order valence-electron chi connectivity index (χ3n) is 3.91. The third kappa shape index (κ3) is 6.56. The predicted molar refractivity (Wildman–Crippen MR) is 117 cm³/mol. The van der Waals surface area contributed by atoms with Crippen molar-refractivity contribution in [3.05, 3.63) is 54.6 Å². The molecular formula is C20H20N4O6S2. The average Bonchev–Trinajstić information content (AvgIpc) is 3.26. The first-order valence-electron chi connectivity index (χ1n) is 9.44. The number of hydrogen-bond acceptors (Lipinski definition) is 9. The highest BCUT2D eigenvalue weighted by atomic mass is 32.2. The molecule has 3 aromatic rings. The number of amides is 1. The van der Waals surface area contributed by atoms with E-state index in [4.69, 9.17) is 9.15 Å². The van der Waals surface area contributed by atoms with E-state index in [9.17, 15) is 18.0 Å². The lowest BCUT2D eigenvalue weighted by Crippen LogP contribution is -2.31. The zero-order valence-electron chi connectivity index (χ0n) is 17.0. The van der Waals surface area contributed by atoms with E-state index in [2.05, 4.69) is 20.2 Å². The number of carbonyl (C=O) groups excluding carboxylic acids is 2. The van der Waals surface area contributed by atoms with Crippen LogP contribution in [0.1, 0.15) is 6.92 Å². The predicted octanol–water partition coefficient (Wildman–Crippen LogP) is 2.31. The lowest BCUT2D eigenvalue weighted by molar-refractivity contribution is -0.143. The molecule has 168 valence electrons. The number of esters is 1. The van der Waals surface area contributed by atoms with Crippen LogP contribution in [0.5, 0.6) is 0 Å². The molecule has 1 amide bonds. The Labute approximate surface area is 188 Å². The van der Waals surface area contributed by atoms with E-state index in [1.54, 1.807) is 49.4 Å². The van der Waals surface area contributed by atoms with Crippen LogP contribution in [-0.2, 0) is 24.3 Å². The summed E-state index contributed by atoms with van der Waals surface area (Å²) in [6.07, 6.45) is 0. The summed E-state index contributed by atoms with van der Waals surface area (Å²) in [7, 11) is -3.69. The number of aromatic nitrogens is 2. The normalized spacial score (nSPS) is 11.0. The number of benzene rings is 2. The molecule has 32 heavy (non-hydrogen) atoms. The maximum absolute atomic E-state index is 12.4. The van der Waals surface area contributed by atoms with Gasteiger partial charge >= 0.3 is 5.97 Å². The van der Waals surface area contributed by atoms with Crippen molar-refractivity contribution in [2.24, 2.45) is 0 Å². The molecule has 0 aliphatic rings. The van der Waals surface area contributed by atoms with E-state index >= 15 is 0 Å². The molecule has 0 atom stereocenters. The summed E-state index contributed by atoms with van der Waals surface area (Å²) in [5.41, 5.74) is 0.962. The lowest BCUT2D eigenvalue weighted by Gasteiger charge is -2.08. The first kappa shape index (κ1) is 23.3. The molecule has 0 radical (unpaired) electrons. The molecule has 0 fully saturated rings. The summed E-state index contributed by atoms with van der Waals surface area (Å²) in [4.78, 5) is 23.2. The standard InChI is InChI=1S/C20H20N4O6S2/c1-2-29-18(26)12-21-17(25)13-31-20-23-22-19(30-20)14-8-10-15(11-9-14)24-32(27,28)16-6-4-3-5-7-16/h3-11,24H,2,12-13H2,1H3,(H,21,25). The zero-order chi connectivity index (χ0) is 23.0. The number of anilines is 1. The summed E-state index contributed by atoms with van der Waals surface area (Å²) in [6, 6.07) is 14.5. The van der Waals surface area contributed by atoms with Gasteiger partial charge in [-0.15, -0.1) is 10.2 Å². The Morgan fingerprint density at radius 2 is 1.78 bits per heavy atom. The van der Waals surface area contributed by atoms with Crippen LogP contribution in [0, 0.1) is 0 Å². The molecule has 3 rings (SSSR count). The molecule has 10 nitrogen and oxygen atoms in total. The first-order chi connectivity index (χ1) is 15.4. The lowest BCUT2D eigenvalue weighted by atomic mass is 10.2. The monoisotopic (exact) mass is 476 g/mol. The van der Waals surface area contributed by atoms with Crippen LogP contribution in [0.3, 0.4) is 0 Å². The minimum absolute atomic E-state index is 0.0127. The van der Waals surface area contributed by atoms with Gasteiger partial charge in [0, 0.05) is 11.3 Å². The highest BCUT2D eigenvalue weighted by molar-refractivity contribution is 7.99. The molecule has 0 aliphatic carbocycles. The van der Waals surface area contributed by atoms with Gasteiger partial charge in [0.15, 0.2) is 0 Å². The number of thioether (sulfide) groups is 1. The maximum Gasteiger partial charge on any atom is 0.325 e. The van der Waals surface area contributed by atoms with Crippen molar-refractivity contribution in [2.75, 3.05) is 23.6 Å². The molecule has 2 N–H and O–H groups in total. The zero-order valence-corrected chi connectivity index (χ0v) is 18.6. The third-order valence-corrected chi connectivity index (χ3v) is 6.12. The number of nitrogens with one attached hydrogen (secondary N) is 2. The molecule has 0 spiro atoms. The van der Waals surface area contributed by atoms with Crippen LogP contribution in [0.15, 0.2) is 69.1 Å². The van der Waals surface area contributed by atoms with Gasteiger partial charge < -0.3 is 14.5 Å². The van der Waals surface area contributed by atoms with Crippen LogP contribution in [0.25, 0.3) is 11.5 Å². The topological polar surface area (TPSA) is 140 Å². The van der Waals surface area contributed by atoms with Crippen LogP contribution in [0.4, 0.5) is 5.69 Å². The number of nitrogens with zero attached hydrogens (tertiary/aromatic N) is 2. The van der Waals surface area contributed by atoms with Gasteiger partial charge in [-0.25, -0.2) is 8.42 Å². The van der Waals surface area contributed by atoms with Crippen molar-refractivity contribution in [1.82, 2.24) is 15.5 Å². The highest BCUT2D eigenvalue weighted by Gasteiger charge is 2.15. The van der Waals surface area contributed by atoms with Crippen LogP contribution >= 0.6 is 11.8 Å². The number of sulfonamides is 1. The quantitative estimate of drug-likeness (QED) is 0.333. The Bertz CT molecular complexity index is 1160. The average molecular weight is 477 g/mol. The fourth-order valence-corrected chi connectivity index (χ4v) is 4.11. The SMILES string of the molecule is CCOC(=O)CNC(=O)CSc1nnc(-c2ccc(NS(=O)(=O)c3ccccc3)cc2)o1. The van der Waals surface area contributed by atoms with Crippen molar-refractivity contribution >= 4 is 39.3 Å². The second-order valence-corrected chi connectivity index (χ2v) is 8.85. The smallest absolute Gasteiger partial charge is 0.325 e. The van der Waals surface area contributed by atoms with Gasteiger partial charge in [0.25, 0.3) is 15.2 Å². The van der Waals surface area contributed by atoms with Crippen molar-refractivity contribution in [1.29, 1.82) is 0 Å². The molecule has 0 bridgehead atoms. The molecule has 12 heteroatoms. The number of hydrogen-bond donors (Lipinski definition) is 2. The summed E-state index contributed by atoms with van der Waals surface area (Å²) < 4.78 is 37.5. The minimum atomic E-state index is -3.69. The molecule has 1 heterocycles. The molecule has 0 saturated carbocycles. The van der Waals surface area contributed by atoms with Crippen molar-refractivity contribution in [3.8, 4) is 11.5 Å². The van der Waals surface area contributed by atoms with E-state index in [0.717, 1.165) is 11.8 Å². The number of ether oxygens (including phenoxy) is 1. The summed E-state index contributed by atoms with van der Waals surface area (Å²) >= 11 is 1.02. The second-order valence-electron chi connectivity index (χ2n) is 6.24. The molecule has 0 unspecified atom stereocenters. The maximum atomic E-state index is 12.4. The van der Waals surface area contributed by atoms with E-state index in [1.807, 2.05) is 0 Å². The van der Waals surface area contributed by atoms with E-state index < -0.39 is 16.0 Å². The van der Waals surface area contributed by atoms with Crippen molar-refractivity contribution in [3.63, 3.8) is 0 Å². The Morgan fingerprint density at radius 1 is 1.06 bits per heavy atom. The van der Waals surface area contributed by atoms with Crippen molar-refractivity contribution < 1.29 is 27.2 Å². The second kappa shape index (κ2) is 10.8. The Kier molecular flexibility index (Phi) is 7.84. The van der Waals surface area contributed by atoms with Crippen molar-refractivity contribution in [2.45, 2.75) is 17.0 Å². The Hall–Kier alpha value is -3.38. The molecule has 0 aliphatic heterocycles. The van der Waals surface area contributed by atoms with Gasteiger partial charge in [0.2, 0.25) is 11.8 Å². The minimum Gasteiger partial charge on any atom is -0.465 e. The summed E-state index contributed by atoms with van der Waals surface area (Å²) in [5.74, 6) is -0.684. The van der Waals surface area contributed by atoms with Crippen LogP contribution in [-0.4, -0.2) is 49.4 Å².